The van der Waals surface area contributed by atoms with Gasteiger partial charge < -0.3 is 0 Å². The first-order chi connectivity index (χ1) is 11.3. The van der Waals surface area contributed by atoms with E-state index in [-0.39, 0.29) is 12.5 Å². The van der Waals surface area contributed by atoms with Gasteiger partial charge in [0.25, 0.3) is 5.91 Å². The number of aromatic nitrogens is 4. The molecule has 1 N–H and O–H groups in total. The normalized spacial score (nSPS) is 23.6. The Morgan fingerprint density at radius 1 is 1.35 bits per heavy atom. The van der Waals surface area contributed by atoms with Gasteiger partial charge in [-0.25, -0.2) is 5.43 Å². The molecule has 1 fully saturated rings. The van der Waals surface area contributed by atoms with Crippen LogP contribution in [-0.2, 0) is 11.3 Å². The highest BCUT2D eigenvalue weighted by Gasteiger charge is 2.37. The van der Waals surface area contributed by atoms with E-state index < -0.39 is 0 Å². The lowest BCUT2D eigenvalue weighted by Gasteiger charge is -2.31. The first kappa shape index (κ1) is 13.8. The molecule has 1 saturated carbocycles. The van der Waals surface area contributed by atoms with Gasteiger partial charge in [0.1, 0.15) is 6.54 Å². The lowest BCUT2D eigenvalue weighted by Crippen LogP contribution is -2.36. The van der Waals surface area contributed by atoms with Gasteiger partial charge in [-0.1, -0.05) is 42.5 Å². The average Bonchev–Trinajstić information content (AvgIpc) is 3.16. The second kappa shape index (κ2) is 5.75. The van der Waals surface area contributed by atoms with Crippen LogP contribution >= 0.6 is 0 Å². The number of hydrazone groups is 1. The second-order valence-corrected chi connectivity index (χ2v) is 5.79. The van der Waals surface area contributed by atoms with Gasteiger partial charge in [-0.05, 0) is 24.0 Å². The number of hydrogen-bond acceptors (Lipinski definition) is 5. The van der Waals surface area contributed by atoms with E-state index in [1.165, 1.54) is 4.80 Å². The summed E-state index contributed by atoms with van der Waals surface area (Å²) in [5.41, 5.74) is 4.53. The number of hydrogen-bond donors (Lipinski definition) is 1. The number of amides is 1. The molecule has 1 aromatic heterocycles. The molecule has 2 aromatic rings. The van der Waals surface area contributed by atoms with Crippen molar-refractivity contribution in [3.05, 3.63) is 42.5 Å². The Labute approximate surface area is 133 Å². The third kappa shape index (κ3) is 2.77. The number of benzene rings is 1. The highest BCUT2D eigenvalue weighted by molar-refractivity contribution is 5.94. The molecule has 7 heteroatoms. The Bertz CT molecular complexity index is 779. The van der Waals surface area contributed by atoms with E-state index in [1.807, 2.05) is 30.3 Å². The molecule has 0 unspecified atom stereocenters. The van der Waals surface area contributed by atoms with Gasteiger partial charge >= 0.3 is 0 Å². The van der Waals surface area contributed by atoms with Gasteiger partial charge in [-0.2, -0.15) is 9.90 Å². The van der Waals surface area contributed by atoms with Gasteiger partial charge in [0.05, 0.1) is 0 Å². The van der Waals surface area contributed by atoms with E-state index in [1.54, 1.807) is 0 Å². The van der Waals surface area contributed by atoms with Crippen molar-refractivity contribution >= 4 is 11.6 Å². The fraction of sp³-hybridized carbons (Fsp3) is 0.312. The molecular formula is C16H16N6O. The minimum absolute atomic E-state index is 0.00294. The van der Waals surface area contributed by atoms with Gasteiger partial charge in [0.2, 0.25) is 5.82 Å². The number of carbonyl (C=O) groups excluding carboxylic acids is 1. The van der Waals surface area contributed by atoms with Crippen LogP contribution in [0.4, 0.5) is 0 Å². The van der Waals surface area contributed by atoms with Crippen LogP contribution in [0.3, 0.4) is 0 Å². The summed E-state index contributed by atoms with van der Waals surface area (Å²) < 4.78 is 0. The van der Waals surface area contributed by atoms with E-state index in [4.69, 9.17) is 0 Å². The number of fused-ring (bicyclic) bond motifs is 1. The lowest BCUT2D eigenvalue weighted by molar-refractivity contribution is -0.122. The fourth-order valence-electron chi connectivity index (χ4n) is 2.97. The van der Waals surface area contributed by atoms with E-state index in [0.717, 1.165) is 24.1 Å². The molecule has 1 heterocycles. The van der Waals surface area contributed by atoms with Crippen LogP contribution in [0.2, 0.25) is 0 Å². The van der Waals surface area contributed by atoms with Crippen LogP contribution in [-0.4, -0.2) is 31.8 Å². The molecule has 0 saturated heterocycles. The number of allylic oxidation sites excluding steroid dienone is 2. The predicted molar refractivity (Wildman–Crippen MR) is 84.2 cm³/mol. The van der Waals surface area contributed by atoms with E-state index in [2.05, 4.69) is 38.1 Å². The Morgan fingerprint density at radius 3 is 3.04 bits per heavy atom. The monoisotopic (exact) mass is 308 g/mol. The van der Waals surface area contributed by atoms with Crippen molar-refractivity contribution in [1.29, 1.82) is 0 Å². The van der Waals surface area contributed by atoms with E-state index in [9.17, 15) is 4.79 Å². The van der Waals surface area contributed by atoms with E-state index >= 15 is 0 Å². The first-order valence-corrected chi connectivity index (χ1v) is 7.65. The molecule has 116 valence electrons. The first-order valence-electron chi connectivity index (χ1n) is 7.65. The SMILES string of the molecule is O=C(Cn1nnc(-c2ccccc2)n1)N/N=C1/C[C@H]2C=CC[C@@H]12. The molecular weight excluding hydrogens is 292 g/mol. The second-order valence-electron chi connectivity index (χ2n) is 5.79. The molecule has 23 heavy (non-hydrogen) atoms. The smallest absolute Gasteiger partial charge is 0.263 e. The molecule has 1 aromatic carbocycles. The van der Waals surface area contributed by atoms with Crippen molar-refractivity contribution in [3.63, 3.8) is 0 Å². The zero-order chi connectivity index (χ0) is 15.6. The van der Waals surface area contributed by atoms with Gasteiger partial charge in [-0.15, -0.1) is 10.2 Å². The summed E-state index contributed by atoms with van der Waals surface area (Å²) in [5.74, 6) is 1.37. The lowest BCUT2D eigenvalue weighted by atomic mass is 9.74. The molecule has 2 aliphatic carbocycles. The van der Waals surface area contributed by atoms with Crippen LogP contribution in [0.15, 0.2) is 47.6 Å². The zero-order valence-electron chi connectivity index (χ0n) is 12.5. The molecule has 4 rings (SSSR count). The van der Waals surface area contributed by atoms with Crippen LogP contribution in [0.1, 0.15) is 12.8 Å². The third-order valence-corrected chi connectivity index (χ3v) is 4.26. The number of carbonyl (C=O) groups is 1. The topological polar surface area (TPSA) is 85.1 Å². The van der Waals surface area contributed by atoms with Crippen LogP contribution in [0.25, 0.3) is 11.4 Å². The summed E-state index contributed by atoms with van der Waals surface area (Å²) in [6, 6.07) is 9.53. The van der Waals surface area contributed by atoms with Gasteiger partial charge in [0.15, 0.2) is 0 Å². The Kier molecular flexibility index (Phi) is 3.45. The molecule has 0 bridgehead atoms. The summed E-state index contributed by atoms with van der Waals surface area (Å²) in [6.07, 6.45) is 6.39. The number of nitrogens with zero attached hydrogens (tertiary/aromatic N) is 5. The maximum Gasteiger partial charge on any atom is 0.263 e. The Balaban J connectivity index is 1.34. The minimum Gasteiger partial charge on any atom is -0.271 e. The van der Waals surface area contributed by atoms with Crippen molar-refractivity contribution in [2.24, 2.45) is 16.9 Å². The number of nitrogens with one attached hydrogen (secondary N) is 1. The van der Waals surface area contributed by atoms with Gasteiger partial charge in [-0.3, -0.25) is 4.79 Å². The van der Waals surface area contributed by atoms with Crippen molar-refractivity contribution < 1.29 is 4.79 Å². The molecule has 2 atom stereocenters. The third-order valence-electron chi connectivity index (χ3n) is 4.26. The zero-order valence-corrected chi connectivity index (χ0v) is 12.5. The fourth-order valence-corrected chi connectivity index (χ4v) is 2.97. The van der Waals surface area contributed by atoms with Crippen molar-refractivity contribution in [2.75, 3.05) is 0 Å². The number of rotatable bonds is 4. The number of tetrazole rings is 1. The maximum atomic E-state index is 11.9. The highest BCUT2D eigenvalue weighted by Crippen LogP contribution is 2.39. The summed E-state index contributed by atoms with van der Waals surface area (Å²) in [4.78, 5) is 13.2. The van der Waals surface area contributed by atoms with Crippen LogP contribution < -0.4 is 5.43 Å². The van der Waals surface area contributed by atoms with Crippen molar-refractivity contribution in [2.45, 2.75) is 19.4 Å². The van der Waals surface area contributed by atoms with Crippen molar-refractivity contribution in [1.82, 2.24) is 25.6 Å². The molecule has 2 aliphatic rings. The Hall–Kier alpha value is -2.83. The predicted octanol–water partition coefficient (Wildman–Crippen LogP) is 1.41. The maximum absolute atomic E-state index is 11.9. The molecule has 7 nitrogen and oxygen atoms in total. The molecule has 0 radical (unpaired) electrons. The minimum atomic E-state index is -0.246. The summed E-state index contributed by atoms with van der Waals surface area (Å²) >= 11 is 0. The standard InChI is InChI=1S/C16H16N6O/c23-15(18-17-14-9-12-7-4-8-13(12)14)10-22-20-16(19-21-22)11-5-2-1-3-6-11/h1-7,12-13H,8-10H2,(H,18,23)/b17-14-/t12-,13-/m1/s1. The summed E-state index contributed by atoms with van der Waals surface area (Å²) in [5, 5.41) is 16.3. The van der Waals surface area contributed by atoms with Crippen molar-refractivity contribution in [3.8, 4) is 11.4 Å². The molecule has 0 aliphatic heterocycles. The summed E-state index contributed by atoms with van der Waals surface area (Å²) in [7, 11) is 0. The van der Waals surface area contributed by atoms with Crippen LogP contribution in [0, 0.1) is 11.8 Å². The molecule has 1 amide bonds. The van der Waals surface area contributed by atoms with E-state index in [0.29, 0.717) is 17.7 Å². The van der Waals surface area contributed by atoms with Crippen LogP contribution in [0.5, 0.6) is 0 Å². The average molecular weight is 308 g/mol. The highest BCUT2D eigenvalue weighted by atomic mass is 16.2. The quantitative estimate of drug-likeness (QED) is 0.683. The molecule has 0 spiro atoms. The Morgan fingerprint density at radius 2 is 2.22 bits per heavy atom. The largest absolute Gasteiger partial charge is 0.271 e. The van der Waals surface area contributed by atoms with Gasteiger partial charge in [0, 0.05) is 17.2 Å². The summed E-state index contributed by atoms with van der Waals surface area (Å²) in [6.45, 7) is 0.00294.